The van der Waals surface area contributed by atoms with Crippen molar-refractivity contribution in [1.29, 1.82) is 0 Å². The molecule has 2 aromatic carbocycles. The predicted octanol–water partition coefficient (Wildman–Crippen LogP) is 4.15. The maximum atomic E-state index is 13.1. The van der Waals surface area contributed by atoms with Gasteiger partial charge in [-0.15, -0.1) is 11.1 Å². The molecule has 0 saturated carbocycles. The topological polar surface area (TPSA) is 0 Å². The quantitative estimate of drug-likeness (QED) is 0.506. The van der Waals surface area contributed by atoms with Gasteiger partial charge < -0.3 is 0 Å². The minimum absolute atomic E-state index is 0.299. The highest BCUT2D eigenvalue weighted by molar-refractivity contribution is 6.92. The van der Waals surface area contributed by atoms with Crippen LogP contribution in [0.5, 0.6) is 0 Å². The zero-order valence-electron chi connectivity index (χ0n) is 11.9. The van der Waals surface area contributed by atoms with Crippen LogP contribution in [0.2, 0.25) is 13.1 Å². The summed E-state index contributed by atoms with van der Waals surface area (Å²) in [6, 6.07) is 12.4. The zero-order chi connectivity index (χ0) is 15.3. The SMILES string of the molecule is C[Si](C)(C#Cc1cccc(F)c1)C#Cc1cccc(F)c1. The molecule has 0 bridgehead atoms. The van der Waals surface area contributed by atoms with Crippen molar-refractivity contribution in [3.05, 3.63) is 71.3 Å². The van der Waals surface area contributed by atoms with E-state index >= 15 is 0 Å². The van der Waals surface area contributed by atoms with Gasteiger partial charge in [-0.2, -0.15) is 0 Å². The van der Waals surface area contributed by atoms with Gasteiger partial charge in [0.15, 0.2) is 0 Å². The van der Waals surface area contributed by atoms with Crippen molar-refractivity contribution >= 4 is 8.07 Å². The van der Waals surface area contributed by atoms with E-state index in [1.54, 1.807) is 24.3 Å². The maximum absolute atomic E-state index is 13.1. The highest BCUT2D eigenvalue weighted by Crippen LogP contribution is 2.05. The smallest absolute Gasteiger partial charge is 0.207 e. The molecule has 21 heavy (non-hydrogen) atoms. The summed E-state index contributed by atoms with van der Waals surface area (Å²) >= 11 is 0. The summed E-state index contributed by atoms with van der Waals surface area (Å²) in [5, 5.41) is 0. The van der Waals surface area contributed by atoms with Gasteiger partial charge in [-0.25, -0.2) is 8.78 Å². The molecule has 0 fully saturated rings. The number of hydrogen-bond acceptors (Lipinski definition) is 0. The molecule has 0 spiro atoms. The van der Waals surface area contributed by atoms with Crippen LogP contribution < -0.4 is 0 Å². The monoisotopic (exact) mass is 296 g/mol. The van der Waals surface area contributed by atoms with Gasteiger partial charge in [-0.05, 0) is 49.5 Å². The van der Waals surface area contributed by atoms with Crippen molar-refractivity contribution in [3.8, 4) is 22.9 Å². The molecule has 0 N–H and O–H groups in total. The Bertz CT molecular complexity index is 705. The van der Waals surface area contributed by atoms with Crippen LogP contribution in [-0.4, -0.2) is 8.07 Å². The van der Waals surface area contributed by atoms with Crippen LogP contribution in [0, 0.1) is 34.6 Å². The molecule has 2 rings (SSSR count). The predicted molar refractivity (Wildman–Crippen MR) is 84.0 cm³/mol. The second-order valence-electron chi connectivity index (χ2n) is 5.15. The van der Waals surface area contributed by atoms with Crippen LogP contribution in [-0.2, 0) is 0 Å². The van der Waals surface area contributed by atoms with Gasteiger partial charge in [0, 0.05) is 11.1 Å². The van der Waals surface area contributed by atoms with Crippen molar-refractivity contribution < 1.29 is 8.78 Å². The van der Waals surface area contributed by atoms with E-state index in [2.05, 4.69) is 22.9 Å². The summed E-state index contributed by atoms with van der Waals surface area (Å²) in [7, 11) is -2.07. The molecular weight excluding hydrogens is 282 g/mol. The van der Waals surface area contributed by atoms with E-state index in [0.717, 1.165) is 0 Å². The first-order chi connectivity index (χ1) is 9.94. The summed E-state index contributed by atoms with van der Waals surface area (Å²) in [6.45, 7) is 4.01. The van der Waals surface area contributed by atoms with Gasteiger partial charge in [-0.1, -0.05) is 24.0 Å². The summed E-state index contributed by atoms with van der Waals surface area (Å²) in [4.78, 5) is 0. The molecule has 0 radical (unpaired) electrons. The number of benzene rings is 2. The second kappa shape index (κ2) is 6.39. The lowest BCUT2D eigenvalue weighted by atomic mass is 10.2. The van der Waals surface area contributed by atoms with Gasteiger partial charge in [0.1, 0.15) is 11.6 Å². The molecule has 104 valence electrons. The van der Waals surface area contributed by atoms with Crippen LogP contribution in [0.3, 0.4) is 0 Å². The van der Waals surface area contributed by atoms with Crippen LogP contribution in [0.15, 0.2) is 48.5 Å². The zero-order valence-corrected chi connectivity index (χ0v) is 12.9. The van der Waals surface area contributed by atoms with E-state index in [4.69, 9.17) is 0 Å². The molecule has 0 nitrogen and oxygen atoms in total. The third-order valence-corrected chi connectivity index (χ3v) is 4.19. The lowest BCUT2D eigenvalue weighted by molar-refractivity contribution is 0.627. The van der Waals surface area contributed by atoms with E-state index < -0.39 is 8.07 Å². The minimum atomic E-state index is -2.07. The van der Waals surface area contributed by atoms with Crippen LogP contribution in [0.1, 0.15) is 11.1 Å². The van der Waals surface area contributed by atoms with Gasteiger partial charge in [0.05, 0.1) is 0 Å². The molecule has 0 amide bonds. The molecule has 0 atom stereocenters. The molecule has 0 saturated heterocycles. The van der Waals surface area contributed by atoms with Crippen molar-refractivity contribution in [2.45, 2.75) is 13.1 Å². The number of hydrogen-bond donors (Lipinski definition) is 0. The van der Waals surface area contributed by atoms with Crippen molar-refractivity contribution in [2.24, 2.45) is 0 Å². The first-order valence-corrected chi connectivity index (χ1v) is 9.52. The second-order valence-corrected chi connectivity index (χ2v) is 8.90. The lowest BCUT2D eigenvalue weighted by Crippen LogP contribution is -2.21. The summed E-state index contributed by atoms with van der Waals surface area (Å²) in [5.74, 6) is 5.34. The fourth-order valence-corrected chi connectivity index (χ4v) is 2.60. The molecule has 3 heteroatoms. The Kier molecular flexibility index (Phi) is 4.58. The van der Waals surface area contributed by atoms with Gasteiger partial charge in [0.2, 0.25) is 8.07 Å². The Morgan fingerprint density at radius 1 is 0.762 bits per heavy atom. The molecule has 0 aromatic heterocycles. The Morgan fingerprint density at radius 3 is 1.57 bits per heavy atom. The van der Waals surface area contributed by atoms with Crippen LogP contribution in [0.25, 0.3) is 0 Å². The summed E-state index contributed by atoms with van der Waals surface area (Å²) in [5.41, 5.74) is 7.57. The largest absolute Gasteiger partial charge is 0.211 e. The van der Waals surface area contributed by atoms with Crippen LogP contribution >= 0.6 is 0 Å². The van der Waals surface area contributed by atoms with E-state index in [0.29, 0.717) is 11.1 Å². The summed E-state index contributed by atoms with van der Waals surface area (Å²) < 4.78 is 26.1. The highest BCUT2D eigenvalue weighted by atomic mass is 28.3. The van der Waals surface area contributed by atoms with Crippen molar-refractivity contribution in [3.63, 3.8) is 0 Å². The average Bonchev–Trinajstić information content (AvgIpc) is 2.44. The Morgan fingerprint density at radius 2 is 1.19 bits per heavy atom. The number of halogens is 2. The third kappa shape index (κ3) is 4.91. The Balaban J connectivity index is 2.20. The molecular formula is C18H14F2Si. The molecule has 0 unspecified atom stereocenters. The molecule has 0 aliphatic carbocycles. The molecule has 0 aliphatic rings. The van der Waals surface area contributed by atoms with E-state index in [1.807, 2.05) is 13.1 Å². The summed E-state index contributed by atoms with van der Waals surface area (Å²) in [6.07, 6.45) is 0. The van der Waals surface area contributed by atoms with Gasteiger partial charge in [0.25, 0.3) is 0 Å². The van der Waals surface area contributed by atoms with Gasteiger partial charge in [-0.3, -0.25) is 0 Å². The fourth-order valence-electron chi connectivity index (χ4n) is 1.62. The molecule has 0 heterocycles. The first kappa shape index (κ1) is 15.0. The van der Waals surface area contributed by atoms with E-state index in [1.165, 1.54) is 24.3 Å². The first-order valence-electron chi connectivity index (χ1n) is 6.52. The standard InChI is InChI=1S/C18H14F2Si/c1-21(2,11-9-15-5-3-7-17(19)13-15)12-10-16-6-4-8-18(20)14-16/h3-8,13-14H,1-2H3. The van der Waals surface area contributed by atoms with Crippen LogP contribution in [0.4, 0.5) is 8.78 Å². The average molecular weight is 296 g/mol. The van der Waals surface area contributed by atoms with E-state index in [-0.39, 0.29) is 11.6 Å². The maximum Gasteiger partial charge on any atom is 0.211 e. The molecule has 0 aliphatic heterocycles. The highest BCUT2D eigenvalue weighted by Gasteiger charge is 2.13. The molecule has 2 aromatic rings. The minimum Gasteiger partial charge on any atom is -0.207 e. The Labute approximate surface area is 124 Å². The number of rotatable bonds is 0. The lowest BCUT2D eigenvalue weighted by Gasteiger charge is -2.03. The van der Waals surface area contributed by atoms with E-state index in [9.17, 15) is 8.78 Å². The Hall–Kier alpha value is -2.36. The fraction of sp³-hybridized carbons (Fsp3) is 0.111. The van der Waals surface area contributed by atoms with Crippen molar-refractivity contribution in [2.75, 3.05) is 0 Å². The third-order valence-electron chi connectivity index (χ3n) is 2.69. The van der Waals surface area contributed by atoms with Gasteiger partial charge >= 0.3 is 0 Å². The normalized spacial score (nSPS) is 10.1. The van der Waals surface area contributed by atoms with Crippen molar-refractivity contribution in [1.82, 2.24) is 0 Å².